The summed E-state index contributed by atoms with van der Waals surface area (Å²) < 4.78 is 32.0. The molecule has 8 heteroatoms. The van der Waals surface area contributed by atoms with Gasteiger partial charge in [0.15, 0.2) is 10.4 Å². The van der Waals surface area contributed by atoms with Crippen LogP contribution in [0.1, 0.15) is 35.9 Å². The van der Waals surface area contributed by atoms with Gasteiger partial charge >= 0.3 is 0 Å². The number of aryl methyl sites for hydroxylation is 1. The molecule has 0 saturated carbocycles. The lowest BCUT2D eigenvalue weighted by Crippen LogP contribution is -2.27. The Bertz CT molecular complexity index is 844. The molecule has 0 radical (unpaired) electrons. The van der Waals surface area contributed by atoms with Gasteiger partial charge in [-0.15, -0.1) is 0 Å². The molecule has 1 amide bonds. The number of amides is 1. The number of nitrogens with one attached hydrogen (secondary N) is 1. The van der Waals surface area contributed by atoms with E-state index >= 15 is 0 Å². The summed E-state index contributed by atoms with van der Waals surface area (Å²) in [5.41, 5.74) is 1.20. The number of hydrogen-bond acceptors (Lipinski definition) is 4. The predicted octanol–water partition coefficient (Wildman–Crippen LogP) is 4.02. The number of halogens is 1. The number of rotatable bonds is 7. The van der Waals surface area contributed by atoms with Crippen LogP contribution in [0.4, 0.5) is 5.69 Å². The second-order valence-corrected chi connectivity index (χ2v) is 8.55. The second kappa shape index (κ2) is 8.16. The van der Waals surface area contributed by atoms with Crippen LogP contribution in [0.15, 0.2) is 44.3 Å². The van der Waals surface area contributed by atoms with Crippen LogP contribution >= 0.6 is 15.9 Å². The monoisotopic (exact) mass is 428 g/mol. The van der Waals surface area contributed by atoms with Crippen molar-refractivity contribution in [2.24, 2.45) is 0 Å². The molecule has 6 nitrogen and oxygen atoms in total. The molecule has 2 rings (SSSR count). The van der Waals surface area contributed by atoms with Crippen LogP contribution < -0.4 is 5.32 Å². The van der Waals surface area contributed by atoms with Crippen molar-refractivity contribution in [1.29, 1.82) is 0 Å². The van der Waals surface area contributed by atoms with Crippen LogP contribution in [0.25, 0.3) is 0 Å². The third-order valence-corrected chi connectivity index (χ3v) is 6.00. The third kappa shape index (κ3) is 4.71. The van der Waals surface area contributed by atoms with E-state index in [2.05, 4.69) is 21.2 Å². The molecule has 1 aromatic carbocycles. The molecule has 0 bridgehead atoms. The maximum Gasteiger partial charge on any atom is 0.291 e. The minimum absolute atomic E-state index is 0.195. The molecule has 1 heterocycles. The first kappa shape index (κ1) is 19.7. The first-order valence-electron chi connectivity index (χ1n) is 7.89. The summed E-state index contributed by atoms with van der Waals surface area (Å²) in [4.78, 5) is 12.4. The van der Waals surface area contributed by atoms with Crippen molar-refractivity contribution in [3.63, 3.8) is 0 Å². The number of nitrogens with zero attached hydrogens (tertiary/aromatic N) is 1. The molecule has 0 aliphatic rings. The average Bonchev–Trinajstić information content (AvgIpc) is 2.91. The Morgan fingerprint density at radius 3 is 2.44 bits per heavy atom. The smallest absolute Gasteiger partial charge is 0.291 e. The topological polar surface area (TPSA) is 79.6 Å². The molecule has 0 saturated heterocycles. The maximum atomic E-state index is 12.5. The first-order chi connectivity index (χ1) is 11.8. The van der Waals surface area contributed by atoms with Gasteiger partial charge in [-0.05, 0) is 59.6 Å². The molecule has 0 aliphatic carbocycles. The number of unbranched alkanes of at least 4 members (excludes halogenated alkanes) is 1. The molecule has 1 N–H and O–H groups in total. The molecule has 0 fully saturated rings. The number of sulfonamides is 1. The summed E-state index contributed by atoms with van der Waals surface area (Å²) in [6.45, 7) is 4.26. The third-order valence-electron chi connectivity index (χ3n) is 3.74. The molecule has 0 unspecified atom stereocenters. The second-order valence-electron chi connectivity index (χ2n) is 5.72. The van der Waals surface area contributed by atoms with Gasteiger partial charge in [0, 0.05) is 24.8 Å². The lowest BCUT2D eigenvalue weighted by atomic mass is 10.2. The van der Waals surface area contributed by atoms with E-state index in [4.69, 9.17) is 4.42 Å². The fourth-order valence-electron chi connectivity index (χ4n) is 2.25. The van der Waals surface area contributed by atoms with E-state index in [-0.39, 0.29) is 16.6 Å². The molecule has 0 spiro atoms. The van der Waals surface area contributed by atoms with E-state index in [1.54, 1.807) is 32.2 Å². The molecule has 0 aliphatic heterocycles. The van der Waals surface area contributed by atoms with Crippen LogP contribution in [-0.2, 0) is 10.0 Å². The molecule has 1 aromatic heterocycles. The molecular formula is C17H21BrN2O4S. The minimum atomic E-state index is -3.52. The van der Waals surface area contributed by atoms with E-state index < -0.39 is 10.0 Å². The molecule has 2 aromatic rings. The number of furan rings is 1. The Labute approximate surface area is 156 Å². The van der Waals surface area contributed by atoms with Crippen LogP contribution in [-0.4, -0.2) is 32.2 Å². The highest BCUT2D eigenvalue weighted by molar-refractivity contribution is 9.10. The molecular weight excluding hydrogens is 408 g/mol. The normalized spacial score (nSPS) is 11.7. The average molecular weight is 429 g/mol. The van der Waals surface area contributed by atoms with Crippen molar-refractivity contribution < 1.29 is 17.6 Å². The lowest BCUT2D eigenvalue weighted by molar-refractivity contribution is 0.0994. The van der Waals surface area contributed by atoms with Gasteiger partial charge in [0.2, 0.25) is 10.0 Å². The number of anilines is 1. The van der Waals surface area contributed by atoms with Gasteiger partial charge in [-0.2, -0.15) is 0 Å². The number of hydrogen-bond donors (Lipinski definition) is 1. The van der Waals surface area contributed by atoms with Crippen molar-refractivity contribution in [2.45, 2.75) is 31.6 Å². The van der Waals surface area contributed by atoms with Crippen molar-refractivity contribution in [3.05, 3.63) is 46.3 Å². The van der Waals surface area contributed by atoms with E-state index in [0.717, 1.165) is 12.8 Å². The Morgan fingerprint density at radius 1 is 1.28 bits per heavy atom. The highest BCUT2D eigenvalue weighted by atomic mass is 79.9. The Hall–Kier alpha value is -1.64. The highest BCUT2D eigenvalue weighted by Gasteiger charge is 2.20. The van der Waals surface area contributed by atoms with Crippen LogP contribution in [0.5, 0.6) is 0 Å². The quantitative estimate of drug-likeness (QED) is 0.721. The zero-order valence-corrected chi connectivity index (χ0v) is 16.8. The summed E-state index contributed by atoms with van der Waals surface area (Å²) in [5.74, 6) is -0.179. The van der Waals surface area contributed by atoms with E-state index in [1.165, 1.54) is 16.4 Å². The number of benzene rings is 1. The van der Waals surface area contributed by atoms with E-state index in [1.807, 2.05) is 6.92 Å². The molecule has 25 heavy (non-hydrogen) atoms. The summed E-state index contributed by atoms with van der Waals surface area (Å²) in [6.07, 6.45) is 1.73. The predicted molar refractivity (Wildman–Crippen MR) is 100 cm³/mol. The van der Waals surface area contributed by atoms with Gasteiger partial charge in [0.1, 0.15) is 0 Å². The van der Waals surface area contributed by atoms with Gasteiger partial charge in [0.05, 0.1) is 4.90 Å². The van der Waals surface area contributed by atoms with Gasteiger partial charge < -0.3 is 9.73 Å². The zero-order valence-electron chi connectivity index (χ0n) is 14.4. The van der Waals surface area contributed by atoms with Crippen molar-refractivity contribution in [1.82, 2.24) is 4.31 Å². The minimum Gasteiger partial charge on any atom is -0.444 e. The van der Waals surface area contributed by atoms with Gasteiger partial charge in [-0.25, -0.2) is 12.7 Å². The van der Waals surface area contributed by atoms with Gasteiger partial charge in [0.25, 0.3) is 5.91 Å². The Kier molecular flexibility index (Phi) is 6.42. The summed E-state index contributed by atoms with van der Waals surface area (Å²) in [7, 11) is -1.95. The summed E-state index contributed by atoms with van der Waals surface area (Å²) in [5, 5.41) is 2.69. The van der Waals surface area contributed by atoms with Gasteiger partial charge in [-0.1, -0.05) is 13.3 Å². The standard InChI is InChI=1S/C17H21BrN2O4S/c1-4-5-10-20(3)25(22,23)14-8-6-13(7-9-14)19-17(21)16-12(2)11-15(18)24-16/h6-9,11H,4-5,10H2,1-3H3,(H,19,21). The van der Waals surface area contributed by atoms with Crippen molar-refractivity contribution in [2.75, 3.05) is 18.9 Å². The van der Waals surface area contributed by atoms with Crippen LogP contribution in [0, 0.1) is 6.92 Å². The Balaban J connectivity index is 2.12. The van der Waals surface area contributed by atoms with Crippen molar-refractivity contribution in [3.8, 4) is 0 Å². The maximum absolute atomic E-state index is 12.5. The first-order valence-corrected chi connectivity index (χ1v) is 10.1. The van der Waals surface area contributed by atoms with Crippen molar-refractivity contribution >= 4 is 37.5 Å². The fraction of sp³-hybridized carbons (Fsp3) is 0.353. The van der Waals surface area contributed by atoms with E-state index in [0.29, 0.717) is 22.5 Å². The highest BCUT2D eigenvalue weighted by Crippen LogP contribution is 2.22. The largest absolute Gasteiger partial charge is 0.444 e. The summed E-state index contributed by atoms with van der Waals surface area (Å²) >= 11 is 3.18. The summed E-state index contributed by atoms with van der Waals surface area (Å²) in [6, 6.07) is 7.80. The van der Waals surface area contributed by atoms with Crippen LogP contribution in [0.3, 0.4) is 0 Å². The fourth-order valence-corrected chi connectivity index (χ4v) is 3.96. The van der Waals surface area contributed by atoms with Crippen LogP contribution in [0.2, 0.25) is 0 Å². The Morgan fingerprint density at radius 2 is 1.92 bits per heavy atom. The number of carbonyl (C=O) groups excluding carboxylic acids is 1. The zero-order chi connectivity index (χ0) is 18.6. The number of carbonyl (C=O) groups is 1. The molecule has 136 valence electrons. The molecule has 0 atom stereocenters. The van der Waals surface area contributed by atoms with E-state index in [9.17, 15) is 13.2 Å². The SMILES string of the molecule is CCCCN(C)S(=O)(=O)c1ccc(NC(=O)c2oc(Br)cc2C)cc1. The lowest BCUT2D eigenvalue weighted by Gasteiger charge is -2.17. The van der Waals surface area contributed by atoms with Gasteiger partial charge in [-0.3, -0.25) is 4.79 Å².